The molecule has 0 aliphatic carbocycles. The Bertz CT molecular complexity index is 412. The van der Waals surface area contributed by atoms with E-state index in [-0.39, 0.29) is 5.92 Å². The van der Waals surface area contributed by atoms with Crippen LogP contribution in [0.5, 0.6) is 11.5 Å². The molecule has 1 unspecified atom stereocenters. The molecule has 1 atom stereocenters. The first kappa shape index (κ1) is 12.0. The number of hydrogen-bond donors (Lipinski definition) is 0. The van der Waals surface area contributed by atoms with Gasteiger partial charge in [0.15, 0.2) is 11.5 Å². The topological polar surface area (TPSA) is 35.5 Å². The van der Waals surface area contributed by atoms with E-state index in [0.717, 1.165) is 29.8 Å². The van der Waals surface area contributed by atoms with Crippen LogP contribution >= 0.6 is 0 Å². The maximum atomic E-state index is 10.6. The van der Waals surface area contributed by atoms with Gasteiger partial charge in [-0.05, 0) is 36.1 Å². The molecule has 0 saturated carbocycles. The summed E-state index contributed by atoms with van der Waals surface area (Å²) in [6.07, 6.45) is 2.42. The first-order chi connectivity index (χ1) is 8.22. The van der Waals surface area contributed by atoms with Gasteiger partial charge in [-0.3, -0.25) is 0 Å². The summed E-state index contributed by atoms with van der Waals surface area (Å²) in [4.78, 5) is 10.6. The molecule has 3 heteroatoms. The quantitative estimate of drug-likeness (QED) is 0.754. The molecular weight excluding hydrogens is 216 g/mol. The van der Waals surface area contributed by atoms with Gasteiger partial charge in [-0.1, -0.05) is 6.92 Å². The lowest BCUT2D eigenvalue weighted by Crippen LogP contribution is -2.00. The van der Waals surface area contributed by atoms with E-state index in [0.29, 0.717) is 19.6 Å². The molecule has 1 aliphatic rings. The third kappa shape index (κ3) is 2.60. The summed E-state index contributed by atoms with van der Waals surface area (Å²) in [5.41, 5.74) is 2.32. The monoisotopic (exact) mass is 234 g/mol. The molecule has 0 spiro atoms. The first-order valence-electron chi connectivity index (χ1n) is 6.06. The standard InChI is InChI=1S/C14H18O3/c1-10(4-5-15)12-9-14-13(8-11(12)2)16-6-3-7-17-14/h5,8-10H,3-4,6-7H2,1-2H3. The predicted octanol–water partition coefficient (Wildman–Crippen LogP) is 2.85. The Morgan fingerprint density at radius 3 is 2.59 bits per heavy atom. The summed E-state index contributed by atoms with van der Waals surface area (Å²) < 4.78 is 11.3. The summed E-state index contributed by atoms with van der Waals surface area (Å²) in [6, 6.07) is 4.03. The van der Waals surface area contributed by atoms with Gasteiger partial charge in [-0.25, -0.2) is 0 Å². The van der Waals surface area contributed by atoms with E-state index in [1.54, 1.807) is 0 Å². The van der Waals surface area contributed by atoms with Crippen molar-refractivity contribution in [2.75, 3.05) is 13.2 Å². The van der Waals surface area contributed by atoms with Crippen molar-refractivity contribution in [1.29, 1.82) is 0 Å². The predicted molar refractivity (Wildman–Crippen MR) is 65.9 cm³/mol. The smallest absolute Gasteiger partial charge is 0.161 e. The molecule has 1 aromatic rings. The molecule has 0 saturated heterocycles. The van der Waals surface area contributed by atoms with Crippen molar-refractivity contribution >= 4 is 6.29 Å². The minimum atomic E-state index is 0.227. The van der Waals surface area contributed by atoms with E-state index in [1.165, 1.54) is 5.56 Å². The van der Waals surface area contributed by atoms with Gasteiger partial charge in [0.1, 0.15) is 6.29 Å². The third-order valence-corrected chi connectivity index (χ3v) is 3.12. The number of carbonyl (C=O) groups is 1. The molecule has 1 heterocycles. The Balaban J connectivity index is 2.34. The van der Waals surface area contributed by atoms with Crippen molar-refractivity contribution in [3.8, 4) is 11.5 Å². The fraction of sp³-hybridized carbons (Fsp3) is 0.500. The maximum Gasteiger partial charge on any atom is 0.161 e. The molecule has 0 amide bonds. The van der Waals surface area contributed by atoms with Crippen molar-refractivity contribution in [2.24, 2.45) is 0 Å². The Morgan fingerprint density at radius 1 is 1.29 bits per heavy atom. The van der Waals surface area contributed by atoms with Gasteiger partial charge < -0.3 is 14.3 Å². The molecule has 3 nitrogen and oxygen atoms in total. The SMILES string of the molecule is Cc1cc2c(cc1C(C)CC=O)OCCCO2. The van der Waals surface area contributed by atoms with Crippen LogP contribution in [0.4, 0.5) is 0 Å². The van der Waals surface area contributed by atoms with Crippen LogP contribution in [0.3, 0.4) is 0 Å². The first-order valence-corrected chi connectivity index (χ1v) is 6.06. The van der Waals surface area contributed by atoms with Gasteiger partial charge in [0.2, 0.25) is 0 Å². The summed E-state index contributed by atoms with van der Waals surface area (Å²) in [5.74, 6) is 1.85. The summed E-state index contributed by atoms with van der Waals surface area (Å²) in [7, 11) is 0. The van der Waals surface area contributed by atoms with Gasteiger partial charge in [0.05, 0.1) is 13.2 Å². The maximum absolute atomic E-state index is 10.6. The number of aldehydes is 1. The van der Waals surface area contributed by atoms with Crippen LogP contribution in [0.1, 0.15) is 36.8 Å². The van der Waals surface area contributed by atoms with Crippen LogP contribution < -0.4 is 9.47 Å². The Kier molecular flexibility index (Phi) is 3.67. The molecule has 92 valence electrons. The van der Waals surface area contributed by atoms with Crippen LogP contribution in [-0.4, -0.2) is 19.5 Å². The highest BCUT2D eigenvalue weighted by Crippen LogP contribution is 2.35. The molecule has 1 aliphatic heterocycles. The molecule has 1 aromatic carbocycles. The molecule has 0 bridgehead atoms. The normalized spacial score (nSPS) is 16.1. The molecular formula is C14H18O3. The second-order valence-corrected chi connectivity index (χ2v) is 4.51. The van der Waals surface area contributed by atoms with E-state index in [1.807, 2.05) is 19.1 Å². The molecule has 2 rings (SSSR count). The van der Waals surface area contributed by atoms with Gasteiger partial charge in [-0.2, -0.15) is 0 Å². The summed E-state index contributed by atoms with van der Waals surface area (Å²) in [5, 5.41) is 0. The van der Waals surface area contributed by atoms with E-state index >= 15 is 0 Å². The number of carbonyl (C=O) groups excluding carboxylic acids is 1. The lowest BCUT2D eigenvalue weighted by molar-refractivity contribution is -0.108. The zero-order valence-corrected chi connectivity index (χ0v) is 10.4. The van der Waals surface area contributed by atoms with Crippen LogP contribution in [-0.2, 0) is 4.79 Å². The minimum absolute atomic E-state index is 0.227. The molecule has 0 fully saturated rings. The summed E-state index contributed by atoms with van der Waals surface area (Å²) >= 11 is 0. The molecule has 17 heavy (non-hydrogen) atoms. The Labute approximate surface area is 102 Å². The second kappa shape index (κ2) is 5.21. The number of aryl methyl sites for hydroxylation is 1. The highest BCUT2D eigenvalue weighted by atomic mass is 16.5. The fourth-order valence-corrected chi connectivity index (χ4v) is 2.13. The molecule has 0 aromatic heterocycles. The van der Waals surface area contributed by atoms with Gasteiger partial charge in [0, 0.05) is 12.8 Å². The minimum Gasteiger partial charge on any atom is -0.490 e. The van der Waals surface area contributed by atoms with Crippen molar-refractivity contribution < 1.29 is 14.3 Å². The second-order valence-electron chi connectivity index (χ2n) is 4.51. The van der Waals surface area contributed by atoms with Crippen LogP contribution in [0, 0.1) is 6.92 Å². The van der Waals surface area contributed by atoms with Crippen molar-refractivity contribution in [3.63, 3.8) is 0 Å². The Morgan fingerprint density at radius 2 is 1.94 bits per heavy atom. The molecule has 0 N–H and O–H groups in total. The van der Waals surface area contributed by atoms with Crippen molar-refractivity contribution in [1.82, 2.24) is 0 Å². The largest absolute Gasteiger partial charge is 0.490 e. The van der Waals surface area contributed by atoms with Crippen LogP contribution in [0.25, 0.3) is 0 Å². The zero-order chi connectivity index (χ0) is 12.3. The lowest BCUT2D eigenvalue weighted by atomic mass is 9.93. The van der Waals surface area contributed by atoms with E-state index in [2.05, 4.69) is 6.92 Å². The molecule has 0 radical (unpaired) electrons. The van der Waals surface area contributed by atoms with E-state index in [9.17, 15) is 4.79 Å². The lowest BCUT2D eigenvalue weighted by Gasteiger charge is -2.16. The number of benzene rings is 1. The van der Waals surface area contributed by atoms with Gasteiger partial charge in [-0.15, -0.1) is 0 Å². The van der Waals surface area contributed by atoms with Gasteiger partial charge >= 0.3 is 0 Å². The van der Waals surface area contributed by atoms with Gasteiger partial charge in [0.25, 0.3) is 0 Å². The number of hydrogen-bond acceptors (Lipinski definition) is 3. The van der Waals surface area contributed by atoms with E-state index in [4.69, 9.17) is 9.47 Å². The number of ether oxygens (including phenoxy) is 2. The van der Waals surface area contributed by atoms with Crippen LogP contribution in [0.15, 0.2) is 12.1 Å². The van der Waals surface area contributed by atoms with E-state index < -0.39 is 0 Å². The highest BCUT2D eigenvalue weighted by molar-refractivity contribution is 5.54. The summed E-state index contributed by atoms with van der Waals surface area (Å²) in [6.45, 7) is 5.50. The Hall–Kier alpha value is -1.51. The average Bonchev–Trinajstić information content (AvgIpc) is 2.52. The number of fused-ring (bicyclic) bond motifs is 1. The van der Waals surface area contributed by atoms with Crippen molar-refractivity contribution in [3.05, 3.63) is 23.3 Å². The zero-order valence-electron chi connectivity index (χ0n) is 10.4. The fourth-order valence-electron chi connectivity index (χ4n) is 2.13. The highest BCUT2D eigenvalue weighted by Gasteiger charge is 2.16. The van der Waals surface area contributed by atoms with Crippen molar-refractivity contribution in [2.45, 2.75) is 32.6 Å². The third-order valence-electron chi connectivity index (χ3n) is 3.12. The number of rotatable bonds is 3. The van der Waals surface area contributed by atoms with Crippen LogP contribution in [0.2, 0.25) is 0 Å². The average molecular weight is 234 g/mol.